The van der Waals surface area contributed by atoms with Gasteiger partial charge in [-0.25, -0.2) is 13.8 Å². The Balaban J connectivity index is 3.58. The zero-order valence-corrected chi connectivity index (χ0v) is 7.74. The van der Waals surface area contributed by atoms with E-state index in [4.69, 9.17) is 11.6 Å². The molecule has 1 aromatic heterocycles. The molecule has 0 aliphatic rings. The van der Waals surface area contributed by atoms with E-state index in [1.165, 1.54) is 0 Å². The lowest BCUT2D eigenvalue weighted by Crippen LogP contribution is -2.03. The van der Waals surface area contributed by atoms with Gasteiger partial charge in [0, 0.05) is 6.20 Å². The minimum Gasteiger partial charge on any atom is -0.298 e. The van der Waals surface area contributed by atoms with Crippen molar-refractivity contribution in [1.29, 1.82) is 0 Å². The molecule has 0 saturated carbocycles. The normalized spacial score (nSPS) is 10.4. The average Bonchev–Trinajstić information content (AvgIpc) is 2.16. The van der Waals surface area contributed by atoms with E-state index in [1.54, 1.807) is 0 Å². The molecule has 0 atom stereocenters. The van der Waals surface area contributed by atoms with Crippen molar-refractivity contribution in [3.63, 3.8) is 0 Å². The predicted molar refractivity (Wildman–Crippen MR) is 46.2 cm³/mol. The number of nitro groups is 1. The zero-order chi connectivity index (χ0) is 11.6. The number of hydrogen-bond acceptors (Lipinski definition) is 4. The summed E-state index contributed by atoms with van der Waals surface area (Å²) in [5.74, 6) is 0. The Labute approximate surface area is 86.8 Å². The smallest absolute Gasteiger partial charge is 0.293 e. The van der Waals surface area contributed by atoms with E-state index in [0.29, 0.717) is 0 Å². The highest BCUT2D eigenvalue weighted by molar-refractivity contribution is 6.30. The molecule has 0 aliphatic carbocycles. The van der Waals surface area contributed by atoms with E-state index in [9.17, 15) is 23.7 Å². The minimum absolute atomic E-state index is 0.0767. The van der Waals surface area contributed by atoms with E-state index >= 15 is 0 Å². The number of pyridine rings is 1. The number of halogens is 3. The maximum atomic E-state index is 12.4. The lowest BCUT2D eigenvalue weighted by atomic mass is 10.1. The molecule has 5 nitrogen and oxygen atoms in total. The molecule has 0 saturated heterocycles. The number of aldehydes is 1. The van der Waals surface area contributed by atoms with Crippen molar-refractivity contribution in [1.82, 2.24) is 4.98 Å². The highest BCUT2D eigenvalue weighted by Crippen LogP contribution is 2.35. The van der Waals surface area contributed by atoms with E-state index in [1.807, 2.05) is 0 Å². The van der Waals surface area contributed by atoms with Gasteiger partial charge in [0.15, 0.2) is 6.29 Å². The fraction of sp³-hybridized carbons (Fsp3) is 0.143. The van der Waals surface area contributed by atoms with Gasteiger partial charge >= 0.3 is 0 Å². The lowest BCUT2D eigenvalue weighted by Gasteiger charge is -2.04. The second-order valence-electron chi connectivity index (χ2n) is 2.44. The van der Waals surface area contributed by atoms with Crippen LogP contribution in [0.3, 0.4) is 0 Å². The molecule has 0 aliphatic heterocycles. The van der Waals surface area contributed by atoms with Gasteiger partial charge in [0.1, 0.15) is 16.3 Å². The van der Waals surface area contributed by atoms with Crippen LogP contribution in [0.1, 0.15) is 22.3 Å². The van der Waals surface area contributed by atoms with Gasteiger partial charge in [-0.15, -0.1) is 0 Å². The SMILES string of the molecule is O=Cc1cnc(Cl)c(C(F)F)c1[N+](=O)[O-]. The van der Waals surface area contributed by atoms with Gasteiger partial charge in [-0.3, -0.25) is 14.9 Å². The molecule has 0 bridgehead atoms. The first kappa shape index (κ1) is 11.4. The Bertz CT molecular complexity index is 425. The van der Waals surface area contributed by atoms with Crippen molar-refractivity contribution in [2.45, 2.75) is 6.43 Å². The fourth-order valence-electron chi connectivity index (χ4n) is 0.993. The summed E-state index contributed by atoms with van der Waals surface area (Å²) in [6.45, 7) is 0. The van der Waals surface area contributed by atoms with Gasteiger partial charge in [-0.2, -0.15) is 0 Å². The van der Waals surface area contributed by atoms with Gasteiger partial charge in [0.05, 0.1) is 4.92 Å². The molecular weight excluding hydrogens is 234 g/mol. The van der Waals surface area contributed by atoms with Crippen LogP contribution in [-0.4, -0.2) is 16.2 Å². The van der Waals surface area contributed by atoms with Crippen LogP contribution in [0.15, 0.2) is 6.20 Å². The Kier molecular flexibility index (Phi) is 3.25. The molecule has 1 heterocycles. The van der Waals surface area contributed by atoms with Crippen molar-refractivity contribution in [3.05, 3.63) is 32.6 Å². The first-order valence-electron chi connectivity index (χ1n) is 3.55. The Hall–Kier alpha value is -1.63. The average molecular weight is 237 g/mol. The number of carbonyl (C=O) groups excluding carboxylic acids is 1. The van der Waals surface area contributed by atoms with E-state index in [-0.39, 0.29) is 6.29 Å². The largest absolute Gasteiger partial charge is 0.298 e. The molecule has 0 N–H and O–H groups in total. The third-order valence-electron chi connectivity index (χ3n) is 1.60. The summed E-state index contributed by atoms with van der Waals surface area (Å²) >= 11 is 5.29. The van der Waals surface area contributed by atoms with Crippen molar-refractivity contribution in [3.8, 4) is 0 Å². The summed E-state index contributed by atoms with van der Waals surface area (Å²) in [5.41, 5.74) is -2.56. The Morgan fingerprint density at radius 1 is 1.60 bits per heavy atom. The molecule has 0 radical (unpaired) electrons. The van der Waals surface area contributed by atoms with E-state index in [0.717, 1.165) is 6.20 Å². The molecule has 1 rings (SSSR count). The second-order valence-corrected chi connectivity index (χ2v) is 2.80. The van der Waals surface area contributed by atoms with Crippen molar-refractivity contribution in [2.75, 3.05) is 0 Å². The van der Waals surface area contributed by atoms with E-state index in [2.05, 4.69) is 4.98 Å². The number of carbonyl (C=O) groups is 1. The summed E-state index contributed by atoms with van der Waals surface area (Å²) in [5, 5.41) is 9.81. The van der Waals surface area contributed by atoms with Gasteiger partial charge in [0.2, 0.25) is 0 Å². The number of aromatic nitrogens is 1. The summed E-state index contributed by atoms with van der Waals surface area (Å²) < 4.78 is 24.8. The summed E-state index contributed by atoms with van der Waals surface area (Å²) in [6.07, 6.45) is -2.31. The summed E-state index contributed by atoms with van der Waals surface area (Å²) in [4.78, 5) is 23.0. The summed E-state index contributed by atoms with van der Waals surface area (Å²) in [6, 6.07) is 0. The quantitative estimate of drug-likeness (QED) is 0.350. The summed E-state index contributed by atoms with van der Waals surface area (Å²) in [7, 11) is 0. The molecule has 80 valence electrons. The molecule has 0 fully saturated rings. The number of rotatable bonds is 3. The van der Waals surface area contributed by atoms with Crippen LogP contribution in [0.25, 0.3) is 0 Å². The third kappa shape index (κ3) is 2.07. The van der Waals surface area contributed by atoms with Crippen molar-refractivity contribution >= 4 is 23.6 Å². The third-order valence-corrected chi connectivity index (χ3v) is 1.90. The maximum Gasteiger partial charge on any atom is 0.293 e. The molecule has 0 aromatic carbocycles. The van der Waals surface area contributed by atoms with Gasteiger partial charge < -0.3 is 0 Å². The highest BCUT2D eigenvalue weighted by atomic mass is 35.5. The molecule has 0 spiro atoms. The van der Waals surface area contributed by atoms with Gasteiger partial charge in [-0.1, -0.05) is 11.6 Å². The number of nitrogens with zero attached hydrogens (tertiary/aromatic N) is 2. The van der Waals surface area contributed by atoms with Gasteiger partial charge in [-0.05, 0) is 0 Å². The first-order valence-corrected chi connectivity index (χ1v) is 3.93. The molecule has 15 heavy (non-hydrogen) atoms. The maximum absolute atomic E-state index is 12.4. The minimum atomic E-state index is -3.16. The Morgan fingerprint density at radius 3 is 2.60 bits per heavy atom. The van der Waals surface area contributed by atoms with Crippen molar-refractivity contribution in [2.24, 2.45) is 0 Å². The number of hydrogen-bond donors (Lipinski definition) is 0. The van der Waals surface area contributed by atoms with Crippen LogP contribution in [0.4, 0.5) is 14.5 Å². The standard InChI is InChI=1S/C7H3ClF2N2O3/c8-6-4(7(9)10)5(12(14)15)3(2-13)1-11-6/h1-2,7H. The molecule has 8 heteroatoms. The molecule has 0 amide bonds. The molecule has 1 aromatic rings. The van der Waals surface area contributed by atoms with Crippen LogP contribution in [0.5, 0.6) is 0 Å². The highest BCUT2D eigenvalue weighted by Gasteiger charge is 2.29. The topological polar surface area (TPSA) is 73.1 Å². The van der Waals surface area contributed by atoms with Crippen LogP contribution < -0.4 is 0 Å². The second kappa shape index (κ2) is 4.26. The monoisotopic (exact) mass is 236 g/mol. The lowest BCUT2D eigenvalue weighted by molar-refractivity contribution is -0.386. The predicted octanol–water partition coefficient (Wildman–Crippen LogP) is 2.39. The van der Waals surface area contributed by atoms with Crippen LogP contribution in [0.2, 0.25) is 5.15 Å². The van der Waals surface area contributed by atoms with Crippen LogP contribution >= 0.6 is 11.6 Å². The number of alkyl halides is 2. The fourth-order valence-corrected chi connectivity index (χ4v) is 1.21. The van der Waals surface area contributed by atoms with Crippen LogP contribution in [-0.2, 0) is 0 Å². The van der Waals surface area contributed by atoms with E-state index < -0.39 is 33.3 Å². The molecular formula is C7H3ClF2N2O3. The van der Waals surface area contributed by atoms with Crippen molar-refractivity contribution < 1.29 is 18.5 Å². The zero-order valence-electron chi connectivity index (χ0n) is 6.99. The molecule has 0 unspecified atom stereocenters. The first-order chi connectivity index (χ1) is 6.99. The van der Waals surface area contributed by atoms with Crippen LogP contribution in [0, 0.1) is 10.1 Å². The Morgan fingerprint density at radius 2 is 2.20 bits per heavy atom. The van der Waals surface area contributed by atoms with Gasteiger partial charge in [0.25, 0.3) is 12.1 Å².